The Labute approximate surface area is 128 Å². The first-order valence-corrected chi connectivity index (χ1v) is 7.02. The minimum absolute atomic E-state index is 0.140. The van der Waals surface area contributed by atoms with Gasteiger partial charge in [-0.3, -0.25) is 4.79 Å². The lowest BCUT2D eigenvalue weighted by molar-refractivity contribution is 0.102. The van der Waals surface area contributed by atoms with Crippen molar-refractivity contribution in [1.29, 1.82) is 5.26 Å². The molecule has 3 aromatic carbocycles. The third-order valence-corrected chi connectivity index (χ3v) is 3.51. The number of nitrogens with zero attached hydrogens (tertiary/aromatic N) is 1. The summed E-state index contributed by atoms with van der Waals surface area (Å²) in [5.74, 6) is -0.140. The largest absolute Gasteiger partial charge is 0.322 e. The van der Waals surface area contributed by atoms with E-state index in [0.29, 0.717) is 12.0 Å². The molecule has 0 aliphatic rings. The average molecular weight is 286 g/mol. The van der Waals surface area contributed by atoms with Gasteiger partial charge < -0.3 is 5.32 Å². The standard InChI is InChI=1S/C19H14N2O/c20-12-11-14-5-9-18(10-6-14)21-19(22)17-8-7-15-3-1-2-4-16(15)13-17/h1-10,13H,11H2,(H,21,22). The lowest BCUT2D eigenvalue weighted by Gasteiger charge is -2.07. The van der Waals surface area contributed by atoms with Crippen molar-refractivity contribution < 1.29 is 4.79 Å². The number of carbonyl (C=O) groups is 1. The summed E-state index contributed by atoms with van der Waals surface area (Å²) in [6.45, 7) is 0. The maximum absolute atomic E-state index is 12.3. The number of rotatable bonds is 3. The first-order chi connectivity index (χ1) is 10.8. The van der Waals surface area contributed by atoms with E-state index in [0.717, 1.165) is 22.0 Å². The molecule has 0 bridgehead atoms. The van der Waals surface area contributed by atoms with E-state index in [9.17, 15) is 4.79 Å². The molecule has 0 saturated heterocycles. The van der Waals surface area contributed by atoms with E-state index in [1.165, 1.54) is 0 Å². The van der Waals surface area contributed by atoms with Crippen LogP contribution < -0.4 is 5.32 Å². The zero-order valence-corrected chi connectivity index (χ0v) is 11.9. The molecule has 0 spiro atoms. The Hall–Kier alpha value is -3.12. The van der Waals surface area contributed by atoms with Crippen LogP contribution in [-0.4, -0.2) is 5.91 Å². The molecule has 3 nitrogen and oxygen atoms in total. The smallest absolute Gasteiger partial charge is 0.255 e. The van der Waals surface area contributed by atoms with Gasteiger partial charge in [-0.2, -0.15) is 5.26 Å². The molecular weight excluding hydrogens is 272 g/mol. The van der Waals surface area contributed by atoms with Crippen LogP contribution >= 0.6 is 0 Å². The van der Waals surface area contributed by atoms with Gasteiger partial charge in [0.15, 0.2) is 0 Å². The van der Waals surface area contributed by atoms with Gasteiger partial charge in [-0.15, -0.1) is 0 Å². The Morgan fingerprint density at radius 2 is 1.68 bits per heavy atom. The van der Waals surface area contributed by atoms with Crippen LogP contribution in [0.25, 0.3) is 10.8 Å². The molecule has 106 valence electrons. The molecule has 0 aliphatic carbocycles. The number of nitrogens with one attached hydrogen (secondary N) is 1. The minimum Gasteiger partial charge on any atom is -0.322 e. The molecule has 1 amide bonds. The Morgan fingerprint density at radius 3 is 2.41 bits per heavy atom. The van der Waals surface area contributed by atoms with Crippen LogP contribution in [0.1, 0.15) is 15.9 Å². The highest BCUT2D eigenvalue weighted by Gasteiger charge is 2.07. The van der Waals surface area contributed by atoms with Gasteiger partial charge >= 0.3 is 0 Å². The molecule has 0 aromatic heterocycles. The third-order valence-electron chi connectivity index (χ3n) is 3.51. The van der Waals surface area contributed by atoms with Gasteiger partial charge in [0.2, 0.25) is 0 Å². The molecule has 0 saturated carbocycles. The highest BCUT2D eigenvalue weighted by Crippen LogP contribution is 2.17. The lowest BCUT2D eigenvalue weighted by atomic mass is 10.1. The van der Waals surface area contributed by atoms with E-state index < -0.39 is 0 Å². The lowest BCUT2D eigenvalue weighted by Crippen LogP contribution is -2.11. The molecule has 3 aromatic rings. The Balaban J connectivity index is 1.79. The average Bonchev–Trinajstić information content (AvgIpc) is 2.56. The second kappa shape index (κ2) is 6.11. The Bertz CT molecular complexity index is 860. The second-order valence-electron chi connectivity index (χ2n) is 5.05. The number of anilines is 1. The summed E-state index contributed by atoms with van der Waals surface area (Å²) in [7, 11) is 0. The van der Waals surface area contributed by atoms with Gasteiger partial charge in [-0.05, 0) is 40.6 Å². The molecule has 3 heteroatoms. The van der Waals surface area contributed by atoms with Gasteiger partial charge in [0.25, 0.3) is 5.91 Å². The summed E-state index contributed by atoms with van der Waals surface area (Å²) in [5.41, 5.74) is 2.28. The highest BCUT2D eigenvalue weighted by atomic mass is 16.1. The van der Waals surface area contributed by atoms with E-state index in [1.807, 2.05) is 66.7 Å². The topological polar surface area (TPSA) is 52.9 Å². The summed E-state index contributed by atoms with van der Waals surface area (Å²) >= 11 is 0. The van der Waals surface area contributed by atoms with E-state index in [-0.39, 0.29) is 5.91 Å². The number of nitriles is 1. The maximum Gasteiger partial charge on any atom is 0.255 e. The fourth-order valence-electron chi connectivity index (χ4n) is 2.33. The summed E-state index contributed by atoms with van der Waals surface area (Å²) in [4.78, 5) is 12.3. The number of fused-ring (bicyclic) bond motifs is 1. The van der Waals surface area contributed by atoms with Crippen molar-refractivity contribution in [2.24, 2.45) is 0 Å². The van der Waals surface area contributed by atoms with E-state index >= 15 is 0 Å². The summed E-state index contributed by atoms with van der Waals surface area (Å²) in [6.07, 6.45) is 0.374. The van der Waals surface area contributed by atoms with Gasteiger partial charge in [-0.1, -0.05) is 42.5 Å². The molecule has 0 heterocycles. The van der Waals surface area contributed by atoms with Crippen LogP contribution in [-0.2, 0) is 6.42 Å². The van der Waals surface area contributed by atoms with Gasteiger partial charge in [0.1, 0.15) is 0 Å². The van der Waals surface area contributed by atoms with Crippen LogP contribution in [0.2, 0.25) is 0 Å². The molecule has 1 N–H and O–H groups in total. The fraction of sp³-hybridized carbons (Fsp3) is 0.0526. The van der Waals surface area contributed by atoms with Crippen LogP contribution in [0.15, 0.2) is 66.7 Å². The molecular formula is C19H14N2O. The van der Waals surface area contributed by atoms with Crippen LogP contribution in [0.4, 0.5) is 5.69 Å². The van der Waals surface area contributed by atoms with E-state index in [1.54, 1.807) is 0 Å². The Kier molecular flexibility index (Phi) is 3.84. The highest BCUT2D eigenvalue weighted by molar-refractivity contribution is 6.06. The third kappa shape index (κ3) is 2.97. The van der Waals surface area contributed by atoms with Gasteiger partial charge in [0.05, 0.1) is 12.5 Å². The van der Waals surface area contributed by atoms with E-state index in [4.69, 9.17) is 5.26 Å². The zero-order chi connectivity index (χ0) is 15.4. The number of hydrogen-bond donors (Lipinski definition) is 1. The minimum atomic E-state index is -0.140. The van der Waals surface area contributed by atoms with Crippen molar-refractivity contribution in [1.82, 2.24) is 0 Å². The summed E-state index contributed by atoms with van der Waals surface area (Å²) < 4.78 is 0. The first kappa shape index (κ1) is 13.8. The maximum atomic E-state index is 12.3. The summed E-state index contributed by atoms with van der Waals surface area (Å²) in [6, 6.07) is 23.0. The Morgan fingerprint density at radius 1 is 0.955 bits per heavy atom. The van der Waals surface area contributed by atoms with Gasteiger partial charge in [-0.25, -0.2) is 0 Å². The van der Waals surface area contributed by atoms with Crippen LogP contribution in [0.3, 0.4) is 0 Å². The number of hydrogen-bond acceptors (Lipinski definition) is 2. The molecule has 22 heavy (non-hydrogen) atoms. The van der Waals surface area contributed by atoms with Crippen LogP contribution in [0, 0.1) is 11.3 Å². The molecule has 3 rings (SSSR count). The van der Waals surface area contributed by atoms with Crippen molar-refractivity contribution >= 4 is 22.4 Å². The van der Waals surface area contributed by atoms with Gasteiger partial charge in [0, 0.05) is 11.3 Å². The molecule has 0 unspecified atom stereocenters. The molecule has 0 aliphatic heterocycles. The molecule has 0 atom stereocenters. The van der Waals surface area contributed by atoms with E-state index in [2.05, 4.69) is 11.4 Å². The first-order valence-electron chi connectivity index (χ1n) is 7.02. The van der Waals surface area contributed by atoms with Crippen molar-refractivity contribution in [3.05, 3.63) is 77.9 Å². The predicted molar refractivity (Wildman–Crippen MR) is 87.7 cm³/mol. The van der Waals surface area contributed by atoms with Crippen molar-refractivity contribution in [3.8, 4) is 6.07 Å². The second-order valence-corrected chi connectivity index (χ2v) is 5.05. The van der Waals surface area contributed by atoms with Crippen molar-refractivity contribution in [3.63, 3.8) is 0 Å². The molecule has 0 fully saturated rings. The van der Waals surface area contributed by atoms with Crippen LogP contribution in [0.5, 0.6) is 0 Å². The fourth-order valence-corrected chi connectivity index (χ4v) is 2.33. The summed E-state index contributed by atoms with van der Waals surface area (Å²) in [5, 5.41) is 13.7. The predicted octanol–water partition coefficient (Wildman–Crippen LogP) is 4.16. The normalized spacial score (nSPS) is 10.1. The number of amides is 1. The quantitative estimate of drug-likeness (QED) is 0.786. The molecule has 0 radical (unpaired) electrons. The monoisotopic (exact) mass is 286 g/mol. The number of benzene rings is 3. The van der Waals surface area contributed by atoms with Crippen molar-refractivity contribution in [2.45, 2.75) is 6.42 Å². The number of carbonyl (C=O) groups excluding carboxylic acids is 1. The SMILES string of the molecule is N#CCc1ccc(NC(=O)c2ccc3ccccc3c2)cc1. The zero-order valence-electron chi connectivity index (χ0n) is 11.9. The van der Waals surface area contributed by atoms with Crippen molar-refractivity contribution in [2.75, 3.05) is 5.32 Å².